The molecule has 0 heterocycles. The maximum Gasteiger partial charge on any atom is 0.131 e. The SMILES string of the molecule is C=C/C=C(\C=C)C(N)c1c(F)cccc1F. The largest absolute Gasteiger partial charge is 0.320 e. The molecule has 16 heavy (non-hydrogen) atoms. The highest BCUT2D eigenvalue weighted by atomic mass is 19.1. The van der Waals surface area contributed by atoms with Crippen molar-refractivity contribution in [1.82, 2.24) is 0 Å². The first-order chi connectivity index (χ1) is 7.61. The van der Waals surface area contributed by atoms with Crippen LogP contribution in [-0.2, 0) is 0 Å². The number of nitrogens with two attached hydrogens (primary N) is 1. The molecule has 1 aromatic rings. The normalized spacial score (nSPS) is 13.3. The summed E-state index contributed by atoms with van der Waals surface area (Å²) in [5, 5.41) is 0. The van der Waals surface area contributed by atoms with Crippen molar-refractivity contribution in [3.8, 4) is 0 Å². The molecule has 0 fully saturated rings. The number of allylic oxidation sites excluding steroid dienone is 2. The Hall–Kier alpha value is -1.74. The Labute approximate surface area is 93.6 Å². The van der Waals surface area contributed by atoms with Crippen molar-refractivity contribution in [2.24, 2.45) is 5.73 Å². The molecule has 0 amide bonds. The van der Waals surface area contributed by atoms with Gasteiger partial charge in [-0.25, -0.2) is 8.78 Å². The Morgan fingerprint density at radius 2 is 1.81 bits per heavy atom. The number of benzene rings is 1. The lowest BCUT2D eigenvalue weighted by Gasteiger charge is -2.14. The number of hydrogen-bond donors (Lipinski definition) is 1. The van der Waals surface area contributed by atoms with Gasteiger partial charge < -0.3 is 5.73 Å². The summed E-state index contributed by atoms with van der Waals surface area (Å²) in [5.41, 5.74) is 6.13. The third kappa shape index (κ3) is 2.44. The van der Waals surface area contributed by atoms with Crippen LogP contribution in [0.25, 0.3) is 0 Å². The van der Waals surface area contributed by atoms with Gasteiger partial charge >= 0.3 is 0 Å². The minimum atomic E-state index is -0.878. The summed E-state index contributed by atoms with van der Waals surface area (Å²) in [7, 11) is 0. The van der Waals surface area contributed by atoms with Gasteiger partial charge in [-0.05, 0) is 17.7 Å². The Kier molecular flexibility index (Phi) is 4.14. The fourth-order valence-electron chi connectivity index (χ4n) is 1.41. The molecule has 0 aliphatic heterocycles. The van der Waals surface area contributed by atoms with Crippen molar-refractivity contribution in [2.45, 2.75) is 6.04 Å². The van der Waals surface area contributed by atoms with Crippen molar-refractivity contribution < 1.29 is 8.78 Å². The first-order valence-corrected chi connectivity index (χ1v) is 4.76. The molecule has 0 spiro atoms. The van der Waals surface area contributed by atoms with Gasteiger partial charge in [-0.1, -0.05) is 37.5 Å². The molecule has 1 atom stereocenters. The molecule has 0 aromatic heterocycles. The summed E-state index contributed by atoms with van der Waals surface area (Å²) in [4.78, 5) is 0. The van der Waals surface area contributed by atoms with E-state index in [4.69, 9.17) is 5.73 Å². The van der Waals surface area contributed by atoms with Crippen LogP contribution in [0.5, 0.6) is 0 Å². The van der Waals surface area contributed by atoms with Crippen molar-refractivity contribution >= 4 is 0 Å². The smallest absolute Gasteiger partial charge is 0.131 e. The van der Waals surface area contributed by atoms with Crippen LogP contribution in [0.1, 0.15) is 11.6 Å². The second kappa shape index (κ2) is 5.37. The molecule has 0 saturated carbocycles. The summed E-state index contributed by atoms with van der Waals surface area (Å²) in [6, 6.07) is 2.77. The monoisotopic (exact) mass is 221 g/mol. The van der Waals surface area contributed by atoms with E-state index in [2.05, 4.69) is 13.2 Å². The highest BCUT2D eigenvalue weighted by Crippen LogP contribution is 2.25. The average Bonchev–Trinajstić information content (AvgIpc) is 2.25. The predicted octanol–water partition coefficient (Wildman–Crippen LogP) is 3.26. The Morgan fingerprint density at radius 3 is 2.25 bits per heavy atom. The average molecular weight is 221 g/mol. The van der Waals surface area contributed by atoms with E-state index in [9.17, 15) is 8.78 Å². The second-order valence-electron chi connectivity index (χ2n) is 3.22. The second-order valence-corrected chi connectivity index (χ2v) is 3.22. The Bertz CT molecular complexity index is 415. The Morgan fingerprint density at radius 1 is 1.25 bits per heavy atom. The molecule has 1 rings (SSSR count). The summed E-state index contributed by atoms with van der Waals surface area (Å²) in [6.07, 6.45) is 4.53. The molecule has 2 N–H and O–H groups in total. The van der Waals surface area contributed by atoms with Crippen LogP contribution in [0, 0.1) is 11.6 Å². The summed E-state index contributed by atoms with van der Waals surface area (Å²) in [5.74, 6) is -1.33. The lowest BCUT2D eigenvalue weighted by molar-refractivity contribution is 0.543. The number of hydrogen-bond acceptors (Lipinski definition) is 1. The van der Waals surface area contributed by atoms with Gasteiger partial charge in [0.2, 0.25) is 0 Å². The molecule has 84 valence electrons. The van der Waals surface area contributed by atoms with Gasteiger partial charge in [0.05, 0.1) is 6.04 Å². The first kappa shape index (κ1) is 12.3. The molecule has 0 bridgehead atoms. The number of rotatable bonds is 4. The van der Waals surface area contributed by atoms with E-state index in [0.29, 0.717) is 5.57 Å². The van der Waals surface area contributed by atoms with Gasteiger partial charge in [-0.15, -0.1) is 0 Å². The molecular weight excluding hydrogens is 208 g/mol. The van der Waals surface area contributed by atoms with Gasteiger partial charge in [-0.3, -0.25) is 0 Å². The fraction of sp³-hybridized carbons (Fsp3) is 0.0769. The topological polar surface area (TPSA) is 26.0 Å². The van der Waals surface area contributed by atoms with E-state index in [1.807, 2.05) is 0 Å². The van der Waals surface area contributed by atoms with Crippen molar-refractivity contribution in [1.29, 1.82) is 0 Å². The van der Waals surface area contributed by atoms with E-state index in [1.54, 1.807) is 6.08 Å². The fourth-order valence-corrected chi connectivity index (χ4v) is 1.41. The minimum Gasteiger partial charge on any atom is -0.320 e. The lowest BCUT2D eigenvalue weighted by atomic mass is 9.98. The maximum atomic E-state index is 13.4. The molecule has 0 aliphatic carbocycles. The zero-order valence-corrected chi connectivity index (χ0v) is 8.79. The van der Waals surface area contributed by atoms with Crippen LogP contribution in [0.3, 0.4) is 0 Å². The summed E-state index contributed by atoms with van der Waals surface area (Å²) < 4.78 is 26.9. The third-order valence-electron chi connectivity index (χ3n) is 2.22. The van der Waals surface area contributed by atoms with Crippen LogP contribution >= 0.6 is 0 Å². The van der Waals surface area contributed by atoms with Crippen LogP contribution in [0.15, 0.2) is 55.2 Å². The van der Waals surface area contributed by atoms with Gasteiger partial charge in [0.25, 0.3) is 0 Å². The molecule has 1 nitrogen and oxygen atoms in total. The summed E-state index contributed by atoms with van der Waals surface area (Å²) >= 11 is 0. The van der Waals surface area contributed by atoms with E-state index >= 15 is 0 Å². The van der Waals surface area contributed by atoms with Gasteiger partial charge in [-0.2, -0.15) is 0 Å². The van der Waals surface area contributed by atoms with E-state index in [0.717, 1.165) is 0 Å². The predicted molar refractivity (Wildman–Crippen MR) is 61.8 cm³/mol. The standard InChI is InChI=1S/C13H13F2N/c1-3-6-9(4-2)13(16)12-10(14)7-5-8-11(12)15/h3-8,13H,1-2,16H2/b9-6+. The van der Waals surface area contributed by atoms with Crippen LogP contribution in [0.2, 0.25) is 0 Å². The first-order valence-electron chi connectivity index (χ1n) is 4.76. The molecule has 1 unspecified atom stereocenters. The van der Waals surface area contributed by atoms with Crippen molar-refractivity contribution in [2.75, 3.05) is 0 Å². The van der Waals surface area contributed by atoms with Crippen LogP contribution in [-0.4, -0.2) is 0 Å². The molecule has 1 aromatic carbocycles. The Balaban J connectivity index is 3.23. The highest BCUT2D eigenvalue weighted by Gasteiger charge is 2.17. The van der Waals surface area contributed by atoms with Gasteiger partial charge in [0.15, 0.2) is 0 Å². The molecule has 0 aliphatic rings. The number of halogens is 2. The van der Waals surface area contributed by atoms with Crippen LogP contribution < -0.4 is 5.73 Å². The van der Waals surface area contributed by atoms with Gasteiger partial charge in [0.1, 0.15) is 11.6 Å². The zero-order chi connectivity index (χ0) is 12.1. The molecule has 0 radical (unpaired) electrons. The van der Waals surface area contributed by atoms with Gasteiger partial charge in [0, 0.05) is 5.56 Å². The molecule has 0 saturated heterocycles. The van der Waals surface area contributed by atoms with E-state index in [1.165, 1.54) is 30.4 Å². The maximum absolute atomic E-state index is 13.4. The zero-order valence-electron chi connectivity index (χ0n) is 8.79. The van der Waals surface area contributed by atoms with Crippen LogP contribution in [0.4, 0.5) is 8.78 Å². The molecular formula is C13H13F2N. The van der Waals surface area contributed by atoms with Crippen molar-refractivity contribution in [3.05, 3.63) is 72.4 Å². The van der Waals surface area contributed by atoms with Crippen molar-refractivity contribution in [3.63, 3.8) is 0 Å². The van der Waals surface area contributed by atoms with E-state index in [-0.39, 0.29) is 5.56 Å². The highest BCUT2D eigenvalue weighted by molar-refractivity contribution is 5.36. The third-order valence-corrected chi connectivity index (χ3v) is 2.22. The quantitative estimate of drug-likeness (QED) is 0.776. The molecule has 3 heteroatoms. The lowest BCUT2D eigenvalue weighted by Crippen LogP contribution is -2.15. The summed E-state index contributed by atoms with van der Waals surface area (Å²) in [6.45, 7) is 7.05. The van der Waals surface area contributed by atoms with E-state index < -0.39 is 17.7 Å². The minimum absolute atomic E-state index is 0.157.